The second-order valence-electron chi connectivity index (χ2n) is 19.4. The fourth-order valence-corrected chi connectivity index (χ4v) is 11.2. The van der Waals surface area contributed by atoms with Crippen molar-refractivity contribution >= 4 is 17.7 Å². The lowest BCUT2D eigenvalue weighted by Gasteiger charge is -2.44. The van der Waals surface area contributed by atoms with Gasteiger partial charge in [0.2, 0.25) is 6.73 Å². The molecule has 0 radical (unpaired) electrons. The number of carbonyl (C=O) groups excluding carboxylic acids is 3. The highest BCUT2D eigenvalue weighted by Crippen LogP contribution is 2.54. The first-order valence-corrected chi connectivity index (χ1v) is 23.1. The molecule has 3 saturated heterocycles. The van der Waals surface area contributed by atoms with Gasteiger partial charge >= 0.3 is 11.9 Å². The monoisotopic (exact) mass is 859 g/mol. The molecule has 0 bridgehead atoms. The lowest BCUT2D eigenvalue weighted by molar-refractivity contribution is -0.936. The molecule has 0 aromatic rings. The molecule has 344 valence electrons. The van der Waals surface area contributed by atoms with Crippen molar-refractivity contribution in [2.45, 2.75) is 167 Å². The topological polar surface area (TPSA) is 134 Å². The number of ketones is 1. The van der Waals surface area contributed by atoms with Crippen molar-refractivity contribution in [3.05, 3.63) is 36.0 Å². The van der Waals surface area contributed by atoms with Gasteiger partial charge in [0.25, 0.3) is 0 Å². The second-order valence-corrected chi connectivity index (χ2v) is 19.4. The smallest absolute Gasteiger partial charge is 0.312 e. The first-order chi connectivity index (χ1) is 29.1. The molecule has 1 saturated carbocycles. The minimum Gasteiger partial charge on any atom is -0.458 e. The van der Waals surface area contributed by atoms with E-state index in [1.54, 1.807) is 21.3 Å². The summed E-state index contributed by atoms with van der Waals surface area (Å²) in [5.41, 5.74) is 0.717. The van der Waals surface area contributed by atoms with Crippen molar-refractivity contribution < 1.29 is 61.5 Å². The molecule has 0 aromatic heterocycles. The number of carbonyl (C=O) groups is 3. The number of fused-ring (bicyclic) bond motifs is 5. The average Bonchev–Trinajstić information content (AvgIpc) is 3.80. The third-order valence-electron chi connectivity index (χ3n) is 14.6. The maximum atomic E-state index is 14.9. The van der Waals surface area contributed by atoms with Gasteiger partial charge in [0, 0.05) is 46.0 Å². The van der Waals surface area contributed by atoms with Gasteiger partial charge in [0.1, 0.15) is 36.6 Å². The highest BCUT2D eigenvalue weighted by atomic mass is 16.7. The maximum Gasteiger partial charge on any atom is 0.312 e. The molecule has 8 unspecified atom stereocenters. The Morgan fingerprint density at radius 1 is 0.885 bits per heavy atom. The van der Waals surface area contributed by atoms with Gasteiger partial charge < -0.3 is 42.6 Å². The van der Waals surface area contributed by atoms with Crippen LogP contribution in [0.1, 0.15) is 99.3 Å². The van der Waals surface area contributed by atoms with E-state index >= 15 is 0 Å². The molecule has 0 amide bonds. The number of esters is 2. The second kappa shape index (κ2) is 21.0. The summed E-state index contributed by atoms with van der Waals surface area (Å²) in [5, 5.41) is 0. The van der Waals surface area contributed by atoms with E-state index < -0.39 is 30.7 Å². The number of Topliss-reactive ketones (excluding diaryl/α,β-unsaturated/α-hetero) is 1. The van der Waals surface area contributed by atoms with Gasteiger partial charge in [-0.3, -0.25) is 18.9 Å². The predicted molar refractivity (Wildman–Crippen MR) is 228 cm³/mol. The Morgan fingerprint density at radius 2 is 1.62 bits per heavy atom. The number of likely N-dealkylation sites (N-methyl/N-ethyl adjacent to an activating group) is 1. The predicted octanol–water partition coefficient (Wildman–Crippen LogP) is 6.72. The molecular formula is C48H76NO12+. The van der Waals surface area contributed by atoms with Gasteiger partial charge in [-0.15, -0.1) is 0 Å². The molecule has 6 aliphatic rings. The zero-order valence-corrected chi connectivity index (χ0v) is 38.7. The summed E-state index contributed by atoms with van der Waals surface area (Å²) in [6, 6.07) is 0.103. The quantitative estimate of drug-likeness (QED) is 0.0844. The van der Waals surface area contributed by atoms with Crippen molar-refractivity contribution in [3.63, 3.8) is 0 Å². The first-order valence-electron chi connectivity index (χ1n) is 23.1. The number of methoxy groups -OCH3 is 3. The van der Waals surface area contributed by atoms with E-state index in [-0.39, 0.29) is 109 Å². The SMILES string of the molecule is CC/C=C/[C@H]1CCC[C@H](OC2CCC([N+](C)(C)COC(=O)C(C)C)C(C)O2)[C@@H](C)C(=O)C2=C[C@@H]3[C@@H](C=C[C@@H]4C[C@@H](OC5OC(C)C(OC)C(OC)C5OC)C[C@@H]34)[C@@H]2CC(=O)O1. The van der Waals surface area contributed by atoms with E-state index in [2.05, 4.69) is 52.2 Å². The molecule has 3 aliphatic heterocycles. The van der Waals surface area contributed by atoms with Crippen LogP contribution < -0.4 is 0 Å². The maximum absolute atomic E-state index is 14.9. The summed E-state index contributed by atoms with van der Waals surface area (Å²) >= 11 is 0. The Balaban J connectivity index is 1.19. The molecular weight excluding hydrogens is 783 g/mol. The third-order valence-corrected chi connectivity index (χ3v) is 14.6. The molecule has 0 N–H and O–H groups in total. The van der Waals surface area contributed by atoms with Crippen molar-refractivity contribution in [2.24, 2.45) is 41.4 Å². The third kappa shape index (κ3) is 10.9. The summed E-state index contributed by atoms with van der Waals surface area (Å²) in [6.45, 7) is 12.0. The molecule has 6 rings (SSSR count). The van der Waals surface area contributed by atoms with Crippen LogP contribution in [0.2, 0.25) is 0 Å². The van der Waals surface area contributed by atoms with Crippen molar-refractivity contribution in [3.8, 4) is 0 Å². The average molecular weight is 859 g/mol. The van der Waals surface area contributed by atoms with Crippen LogP contribution in [0.25, 0.3) is 0 Å². The van der Waals surface area contributed by atoms with Crippen LogP contribution in [0.15, 0.2) is 36.0 Å². The van der Waals surface area contributed by atoms with Crippen LogP contribution in [-0.2, 0) is 57.0 Å². The largest absolute Gasteiger partial charge is 0.458 e. The fraction of sp³-hybridized carbons (Fsp3) is 0.812. The number of rotatable bonds is 13. The Hall–Kier alpha value is -2.49. The fourth-order valence-electron chi connectivity index (χ4n) is 11.2. The standard InChI is InChI=1S/C48H76NO12/c1-12-13-15-32-16-14-17-40(61-42-21-20-39(29(5)57-42)49(7,8)26-56-47(52)27(2)3)28(4)43(51)38-24-36-34(37(38)25-41(50)59-32)19-18-31-22-33(23-35(31)36)60-48-46(55-11)45(54-10)44(53-9)30(6)58-48/h13,15,18-19,24,27-37,39-40,42,44-46,48H,12,14,16-17,20-23,25-26H2,1-11H3/q+1/b15-13+/t28-,29?,30?,31-,32+,33-,34-,35-,36-,37+,39?,40+,42?,44?,45?,46?,48?/m1/s1. The van der Waals surface area contributed by atoms with Crippen molar-refractivity contribution in [2.75, 3.05) is 42.2 Å². The van der Waals surface area contributed by atoms with Gasteiger partial charge in [-0.1, -0.05) is 52.0 Å². The zero-order valence-electron chi connectivity index (χ0n) is 38.7. The minimum atomic E-state index is -0.621. The van der Waals surface area contributed by atoms with E-state index in [0.717, 1.165) is 37.7 Å². The van der Waals surface area contributed by atoms with Crippen molar-refractivity contribution in [1.29, 1.82) is 0 Å². The Morgan fingerprint density at radius 3 is 2.30 bits per heavy atom. The molecule has 61 heavy (non-hydrogen) atoms. The number of quaternary nitrogens is 1. The first kappa shape index (κ1) is 48.0. The Kier molecular flexibility index (Phi) is 16.5. The van der Waals surface area contributed by atoms with E-state index in [4.69, 9.17) is 42.6 Å². The molecule has 4 fully saturated rings. The van der Waals surface area contributed by atoms with E-state index in [9.17, 15) is 14.4 Å². The Labute approximate surface area is 364 Å². The van der Waals surface area contributed by atoms with Crippen LogP contribution in [0.4, 0.5) is 0 Å². The minimum absolute atomic E-state index is 0.00981. The van der Waals surface area contributed by atoms with Crippen molar-refractivity contribution in [1.82, 2.24) is 0 Å². The van der Waals surface area contributed by atoms with Crippen LogP contribution in [0, 0.1) is 41.4 Å². The molecule has 3 heterocycles. The van der Waals surface area contributed by atoms with Gasteiger partial charge in [-0.05, 0) is 87.7 Å². The molecule has 13 heteroatoms. The number of nitrogens with zero attached hydrogens (tertiary/aromatic N) is 1. The normalized spacial score (nSPS) is 41.0. The molecule has 3 aliphatic carbocycles. The number of cyclic esters (lactones) is 1. The number of hydrogen-bond acceptors (Lipinski definition) is 12. The van der Waals surface area contributed by atoms with Gasteiger partial charge in [0.15, 0.2) is 18.4 Å². The van der Waals surface area contributed by atoms with E-state index in [0.29, 0.717) is 23.7 Å². The van der Waals surface area contributed by atoms with Crippen LogP contribution in [0.5, 0.6) is 0 Å². The van der Waals surface area contributed by atoms with E-state index in [1.807, 2.05) is 33.8 Å². The van der Waals surface area contributed by atoms with E-state index in [1.165, 1.54) is 0 Å². The number of hydrogen-bond donors (Lipinski definition) is 0. The van der Waals surface area contributed by atoms with Crippen LogP contribution >= 0.6 is 0 Å². The van der Waals surface area contributed by atoms with Gasteiger partial charge in [-0.2, -0.15) is 0 Å². The zero-order chi connectivity index (χ0) is 44.2. The lowest BCUT2D eigenvalue weighted by atomic mass is 9.70. The molecule has 0 spiro atoms. The van der Waals surface area contributed by atoms with Gasteiger partial charge in [0.05, 0.1) is 44.7 Å². The molecule has 0 aromatic carbocycles. The summed E-state index contributed by atoms with van der Waals surface area (Å²) in [6.07, 6.45) is 13.4. The summed E-state index contributed by atoms with van der Waals surface area (Å²) < 4.78 is 56.2. The molecule has 13 nitrogen and oxygen atoms in total. The van der Waals surface area contributed by atoms with Crippen LogP contribution in [0.3, 0.4) is 0 Å². The molecule has 17 atom stereocenters. The number of ether oxygens (including phenoxy) is 9. The lowest BCUT2D eigenvalue weighted by Crippen LogP contribution is -2.59. The summed E-state index contributed by atoms with van der Waals surface area (Å²) in [4.78, 5) is 41.0. The summed E-state index contributed by atoms with van der Waals surface area (Å²) in [5.74, 6) is -0.827. The highest BCUT2D eigenvalue weighted by molar-refractivity contribution is 5.99. The van der Waals surface area contributed by atoms with Crippen LogP contribution in [-0.4, -0.2) is 132 Å². The van der Waals surface area contributed by atoms with Gasteiger partial charge in [-0.25, -0.2) is 0 Å². The highest BCUT2D eigenvalue weighted by Gasteiger charge is 2.53. The summed E-state index contributed by atoms with van der Waals surface area (Å²) in [7, 11) is 9.09. The Bertz CT molecular complexity index is 1590. The number of allylic oxidation sites excluding steroid dienone is 5.